The van der Waals surface area contributed by atoms with E-state index in [0.717, 1.165) is 35.1 Å². The van der Waals surface area contributed by atoms with Crippen LogP contribution in [0, 0.1) is 17.6 Å². The number of esters is 2. The fourth-order valence-electron chi connectivity index (χ4n) is 9.38. The second kappa shape index (κ2) is 33.1. The Morgan fingerprint density at radius 1 is 0.692 bits per heavy atom. The first-order chi connectivity index (χ1) is 43.5. The molecule has 9 rings (SSSR count). The molecule has 19 nitrogen and oxygen atoms in total. The maximum atomic E-state index is 14.0. The zero-order chi connectivity index (χ0) is 65.9. The first kappa shape index (κ1) is 70.1. The Kier molecular flexibility index (Phi) is 25.5. The summed E-state index contributed by atoms with van der Waals surface area (Å²) >= 11 is 2.48. The topological polar surface area (TPSA) is 226 Å². The van der Waals surface area contributed by atoms with Crippen LogP contribution in [0.3, 0.4) is 0 Å². The number of aromatic nitrogens is 5. The number of rotatable bonds is 24. The van der Waals surface area contributed by atoms with Gasteiger partial charge in [-0.15, -0.1) is 20.4 Å². The van der Waals surface area contributed by atoms with Gasteiger partial charge in [-0.2, -0.15) is 0 Å². The standard InChI is InChI=1S/C30H31FN4O4S.C24H19FN2O5S.C14H29NO3/c1-18(2)34-16-24(19(3)38-4)35-15-23(29-33-32-25(40-29)14-20-10-12-22(31)13-11-20)27(36)28(26(35)30(34)37)39-17-21-8-6-5-7-9-21;1-2-30-24(29)22-21(31-13-16-6-4-3-5-7-16)20(28)18(14-32-22)23-27-26-19(33-23)12-15-8-10-17(25)11-9-15;1-10(2)15-9-12(11(3)17-7)8-13(16)18-14(4,5)6/h5-13,15,18-19,24H,14,16-17H2,1-4H3;3-11,14H,2,12-13H2,1H3;10-12,15H,8-9H2,1-7H3/t19-,24-;;11-,12-/m1.1/s1. The summed E-state index contributed by atoms with van der Waals surface area (Å²) < 4.78 is 67.0. The zero-order valence-corrected chi connectivity index (χ0v) is 55.0. The molecule has 0 saturated carbocycles. The molecule has 4 aromatic carbocycles. The largest absolute Gasteiger partial charge is 0.483 e. The highest BCUT2D eigenvalue weighted by atomic mass is 32.1. The lowest BCUT2D eigenvalue weighted by Crippen LogP contribution is -2.50. The highest BCUT2D eigenvalue weighted by molar-refractivity contribution is 7.15. The van der Waals surface area contributed by atoms with Gasteiger partial charge in [0.15, 0.2) is 21.5 Å². The molecule has 0 aliphatic carbocycles. The van der Waals surface area contributed by atoms with Crippen LogP contribution in [0.1, 0.15) is 135 Å². The molecule has 4 aromatic heterocycles. The van der Waals surface area contributed by atoms with Gasteiger partial charge >= 0.3 is 11.9 Å². The lowest BCUT2D eigenvalue weighted by molar-refractivity contribution is -0.157. The lowest BCUT2D eigenvalue weighted by atomic mass is 9.99. The molecule has 1 aliphatic heterocycles. The molecule has 1 amide bonds. The van der Waals surface area contributed by atoms with Crippen molar-refractivity contribution in [2.24, 2.45) is 5.92 Å². The van der Waals surface area contributed by atoms with Crippen molar-refractivity contribution in [3.63, 3.8) is 0 Å². The van der Waals surface area contributed by atoms with Gasteiger partial charge in [0.05, 0.1) is 42.4 Å². The molecule has 0 bridgehead atoms. The number of halogens is 2. The maximum absolute atomic E-state index is 14.0. The molecule has 0 saturated heterocycles. The van der Waals surface area contributed by atoms with E-state index in [0.29, 0.717) is 57.4 Å². The predicted molar refractivity (Wildman–Crippen MR) is 345 cm³/mol. The third-order valence-corrected chi connectivity index (χ3v) is 16.3. The summed E-state index contributed by atoms with van der Waals surface area (Å²) in [5.41, 5.74) is 2.64. The van der Waals surface area contributed by atoms with Crippen molar-refractivity contribution in [3.05, 3.63) is 197 Å². The molecule has 8 aromatic rings. The summed E-state index contributed by atoms with van der Waals surface area (Å²) in [6.07, 6.45) is 3.88. The summed E-state index contributed by atoms with van der Waals surface area (Å²) in [4.78, 5) is 66.9. The summed E-state index contributed by atoms with van der Waals surface area (Å²) in [6.45, 7) is 20.8. The number of nitrogens with zero attached hydrogens (tertiary/aromatic N) is 6. The normalized spacial score (nSPS) is 13.9. The number of hydrogen-bond donors (Lipinski definition) is 1. The molecule has 0 spiro atoms. The van der Waals surface area contributed by atoms with Gasteiger partial charge in [-0.25, -0.2) is 13.6 Å². The van der Waals surface area contributed by atoms with Gasteiger partial charge in [-0.1, -0.05) is 121 Å². The van der Waals surface area contributed by atoms with Crippen LogP contribution >= 0.6 is 22.7 Å². The van der Waals surface area contributed by atoms with Gasteiger partial charge in [-0.05, 0) is 102 Å². The number of methoxy groups -OCH3 is 2. The second-order valence-electron chi connectivity index (χ2n) is 23.1. The molecule has 23 heteroatoms. The smallest absolute Gasteiger partial charge is 0.378 e. The summed E-state index contributed by atoms with van der Waals surface area (Å²) in [7, 11) is 3.30. The summed E-state index contributed by atoms with van der Waals surface area (Å²) in [5, 5.41) is 22.2. The third-order valence-electron chi connectivity index (χ3n) is 14.4. The minimum absolute atomic E-state index is 0.0136. The Morgan fingerprint density at radius 2 is 1.21 bits per heavy atom. The van der Waals surface area contributed by atoms with E-state index in [9.17, 15) is 32.8 Å². The van der Waals surface area contributed by atoms with E-state index in [1.807, 2.05) is 114 Å². The number of pyridine rings is 1. The first-order valence-corrected chi connectivity index (χ1v) is 31.5. The maximum Gasteiger partial charge on any atom is 0.378 e. The van der Waals surface area contributed by atoms with Crippen LogP contribution in [0.25, 0.3) is 21.1 Å². The molecule has 5 heterocycles. The van der Waals surface area contributed by atoms with Crippen molar-refractivity contribution in [2.75, 3.05) is 33.9 Å². The predicted octanol–water partition coefficient (Wildman–Crippen LogP) is 12.1. The van der Waals surface area contributed by atoms with Crippen LogP contribution in [-0.2, 0) is 49.8 Å². The van der Waals surface area contributed by atoms with Crippen molar-refractivity contribution in [1.82, 2.24) is 35.2 Å². The van der Waals surface area contributed by atoms with Crippen LogP contribution in [-0.4, -0.2) is 112 Å². The fraction of sp³-hybridized carbons (Fsp3) is 0.397. The van der Waals surface area contributed by atoms with Crippen LogP contribution < -0.4 is 25.6 Å². The van der Waals surface area contributed by atoms with Crippen molar-refractivity contribution in [1.29, 1.82) is 0 Å². The number of carbonyl (C=O) groups excluding carboxylic acids is 3. The van der Waals surface area contributed by atoms with Crippen molar-refractivity contribution in [3.8, 4) is 32.6 Å². The number of carbonyl (C=O) groups is 3. The van der Waals surface area contributed by atoms with E-state index in [1.54, 1.807) is 56.5 Å². The van der Waals surface area contributed by atoms with Gasteiger partial charge in [-0.3, -0.25) is 19.2 Å². The van der Waals surface area contributed by atoms with Crippen molar-refractivity contribution in [2.45, 2.75) is 138 Å². The molecular formula is C68H79F2N7O12S2. The zero-order valence-electron chi connectivity index (χ0n) is 53.3. The van der Waals surface area contributed by atoms with Gasteiger partial charge in [0, 0.05) is 64.3 Å². The van der Waals surface area contributed by atoms with Crippen molar-refractivity contribution >= 4 is 40.5 Å². The molecule has 484 valence electrons. The second-order valence-corrected chi connectivity index (χ2v) is 25.2. The minimum Gasteiger partial charge on any atom is -0.483 e. The molecule has 0 fully saturated rings. The van der Waals surface area contributed by atoms with Gasteiger partial charge in [0.1, 0.15) is 46.7 Å². The van der Waals surface area contributed by atoms with E-state index in [1.165, 1.54) is 46.9 Å². The molecule has 0 radical (unpaired) electrons. The third kappa shape index (κ3) is 19.8. The highest BCUT2D eigenvalue weighted by Crippen LogP contribution is 2.35. The average Bonchev–Trinajstić information content (AvgIpc) is 1.35. The fourth-order valence-corrected chi connectivity index (χ4v) is 11.1. The Labute approximate surface area is 536 Å². The van der Waals surface area contributed by atoms with E-state index in [-0.39, 0.29) is 102 Å². The Bertz CT molecular complexity index is 3780. The Hall–Kier alpha value is -8.35. The summed E-state index contributed by atoms with van der Waals surface area (Å²) in [5.74, 6) is -2.29. The number of hydrogen-bond acceptors (Lipinski definition) is 19. The van der Waals surface area contributed by atoms with E-state index < -0.39 is 22.4 Å². The average molecular weight is 1290 g/mol. The molecule has 1 N–H and O–H groups in total. The van der Waals surface area contributed by atoms with E-state index in [2.05, 4.69) is 39.6 Å². The SMILES string of the molecule is CCOC(=O)c1occ(-c2nnc(Cc3ccc(F)cc3)s2)c(=O)c1OCc1ccccc1.CO[C@H](C)[C@@H](CNC(C)C)CC(=O)OC(C)(C)C.CO[C@H](C)[C@H]1CN(C(C)C)C(=O)c2c(OCc3ccccc3)c(=O)c(-c3nnc(Cc4ccc(F)cc4)s3)cn21. The molecular weight excluding hydrogens is 1210 g/mol. The van der Waals surface area contributed by atoms with Crippen molar-refractivity contribution < 1.29 is 56.0 Å². The van der Waals surface area contributed by atoms with E-state index in [4.69, 9.17) is 32.8 Å². The van der Waals surface area contributed by atoms with Crippen LogP contribution in [0.2, 0.25) is 0 Å². The molecule has 91 heavy (non-hydrogen) atoms. The molecule has 1 aliphatic rings. The monoisotopic (exact) mass is 1290 g/mol. The van der Waals surface area contributed by atoms with Gasteiger partial charge < -0.3 is 47.6 Å². The number of amides is 1. The van der Waals surface area contributed by atoms with Crippen LogP contribution in [0.15, 0.2) is 136 Å². The Morgan fingerprint density at radius 3 is 1.69 bits per heavy atom. The van der Waals surface area contributed by atoms with Crippen LogP contribution in [0.5, 0.6) is 11.5 Å². The summed E-state index contributed by atoms with van der Waals surface area (Å²) in [6, 6.07) is 31.0. The number of benzene rings is 4. The minimum atomic E-state index is -0.793. The molecule has 0 unspecified atom stereocenters. The number of fused-ring (bicyclic) bond motifs is 1. The number of ether oxygens (including phenoxy) is 6. The highest BCUT2D eigenvalue weighted by Gasteiger charge is 2.39. The lowest BCUT2D eigenvalue weighted by Gasteiger charge is -2.40. The van der Waals surface area contributed by atoms with Gasteiger partial charge in [0.25, 0.3) is 11.7 Å². The van der Waals surface area contributed by atoms with Crippen LogP contribution in [0.4, 0.5) is 8.78 Å². The quantitative estimate of drug-likeness (QED) is 0.0555. The number of nitrogens with one attached hydrogen (secondary N) is 1. The van der Waals surface area contributed by atoms with Gasteiger partial charge in [0.2, 0.25) is 16.6 Å². The van der Waals surface area contributed by atoms with E-state index >= 15 is 0 Å². The first-order valence-electron chi connectivity index (χ1n) is 29.9. The Balaban J connectivity index is 0.000000208. The molecule has 4 atom stereocenters.